The summed E-state index contributed by atoms with van der Waals surface area (Å²) < 4.78 is 0. The third-order valence-electron chi connectivity index (χ3n) is 3.49. The van der Waals surface area contributed by atoms with Gasteiger partial charge in [0.25, 0.3) is 0 Å². The zero-order valence-corrected chi connectivity index (χ0v) is 12.8. The SMILES string of the molecule is CC(=O)c1ccc(NC(=O)NCCc2ccccc2C)cc1. The Bertz CT molecular complexity index is 663. The summed E-state index contributed by atoms with van der Waals surface area (Å²) in [6.07, 6.45) is 0.795. The lowest BCUT2D eigenvalue weighted by molar-refractivity contribution is 0.101. The molecule has 0 unspecified atom stereocenters. The van der Waals surface area contributed by atoms with E-state index >= 15 is 0 Å². The molecule has 114 valence electrons. The van der Waals surface area contributed by atoms with Crippen molar-refractivity contribution in [2.45, 2.75) is 20.3 Å². The smallest absolute Gasteiger partial charge is 0.319 e. The standard InChI is InChI=1S/C18H20N2O2/c1-13-5-3-4-6-15(13)11-12-19-18(22)20-17-9-7-16(8-10-17)14(2)21/h3-10H,11-12H2,1-2H3,(H2,19,20,22). The average molecular weight is 296 g/mol. The molecule has 4 nitrogen and oxygen atoms in total. The molecular weight excluding hydrogens is 276 g/mol. The molecule has 2 amide bonds. The van der Waals surface area contributed by atoms with Gasteiger partial charge in [-0.25, -0.2) is 4.79 Å². The zero-order chi connectivity index (χ0) is 15.9. The van der Waals surface area contributed by atoms with E-state index in [2.05, 4.69) is 29.7 Å². The number of hydrogen-bond donors (Lipinski definition) is 2. The number of benzene rings is 2. The Morgan fingerprint density at radius 1 is 1.00 bits per heavy atom. The van der Waals surface area contributed by atoms with Crippen LogP contribution < -0.4 is 10.6 Å². The third-order valence-corrected chi connectivity index (χ3v) is 3.49. The van der Waals surface area contributed by atoms with Crippen LogP contribution in [0, 0.1) is 6.92 Å². The molecule has 0 aliphatic carbocycles. The lowest BCUT2D eigenvalue weighted by atomic mass is 10.1. The first-order chi connectivity index (χ1) is 10.6. The van der Waals surface area contributed by atoms with Crippen LogP contribution in [0.3, 0.4) is 0 Å². The normalized spacial score (nSPS) is 10.1. The fourth-order valence-corrected chi connectivity index (χ4v) is 2.16. The second kappa shape index (κ2) is 7.41. The molecule has 0 radical (unpaired) electrons. The number of hydrogen-bond acceptors (Lipinski definition) is 2. The number of carbonyl (C=O) groups is 2. The van der Waals surface area contributed by atoms with E-state index in [0.29, 0.717) is 17.8 Å². The van der Waals surface area contributed by atoms with Gasteiger partial charge in [0.05, 0.1) is 0 Å². The molecule has 22 heavy (non-hydrogen) atoms. The maximum Gasteiger partial charge on any atom is 0.319 e. The zero-order valence-electron chi connectivity index (χ0n) is 12.8. The summed E-state index contributed by atoms with van der Waals surface area (Å²) in [6.45, 7) is 4.15. The molecule has 0 saturated carbocycles. The van der Waals surface area contributed by atoms with Gasteiger partial charge in [0.2, 0.25) is 0 Å². The molecule has 2 aromatic carbocycles. The van der Waals surface area contributed by atoms with Crippen LogP contribution in [0.25, 0.3) is 0 Å². The second-order valence-electron chi connectivity index (χ2n) is 5.19. The van der Waals surface area contributed by atoms with Gasteiger partial charge in [-0.3, -0.25) is 4.79 Å². The Labute approximate surface area is 130 Å². The number of carbonyl (C=O) groups excluding carboxylic acids is 2. The molecule has 0 aliphatic heterocycles. The number of ketones is 1. The largest absolute Gasteiger partial charge is 0.338 e. The molecule has 4 heteroatoms. The minimum Gasteiger partial charge on any atom is -0.338 e. The summed E-state index contributed by atoms with van der Waals surface area (Å²) in [6, 6.07) is 14.7. The first kappa shape index (κ1) is 15.8. The van der Waals surface area contributed by atoms with Crippen LogP contribution in [0.4, 0.5) is 10.5 Å². The van der Waals surface area contributed by atoms with E-state index in [4.69, 9.17) is 0 Å². The van der Waals surface area contributed by atoms with E-state index in [-0.39, 0.29) is 11.8 Å². The van der Waals surface area contributed by atoms with Crippen molar-refractivity contribution in [3.05, 3.63) is 65.2 Å². The van der Waals surface area contributed by atoms with Gasteiger partial charge in [-0.2, -0.15) is 0 Å². The summed E-state index contributed by atoms with van der Waals surface area (Å²) in [5.74, 6) is 0.00855. The van der Waals surface area contributed by atoms with Crippen molar-refractivity contribution in [1.82, 2.24) is 5.32 Å². The fourth-order valence-electron chi connectivity index (χ4n) is 2.16. The highest BCUT2D eigenvalue weighted by atomic mass is 16.2. The molecule has 0 heterocycles. The van der Waals surface area contributed by atoms with Crippen molar-refractivity contribution >= 4 is 17.5 Å². The Morgan fingerprint density at radius 3 is 2.32 bits per heavy atom. The summed E-state index contributed by atoms with van der Waals surface area (Å²) >= 11 is 0. The van der Waals surface area contributed by atoms with Gasteiger partial charge in [-0.05, 0) is 55.7 Å². The first-order valence-electron chi connectivity index (χ1n) is 7.26. The molecule has 2 N–H and O–H groups in total. The van der Waals surface area contributed by atoms with E-state index in [1.165, 1.54) is 18.1 Å². The van der Waals surface area contributed by atoms with Crippen molar-refractivity contribution < 1.29 is 9.59 Å². The van der Waals surface area contributed by atoms with Crippen LogP contribution in [0.2, 0.25) is 0 Å². The molecule has 2 aromatic rings. The Kier molecular flexibility index (Phi) is 5.31. The van der Waals surface area contributed by atoms with Crippen LogP contribution in [-0.4, -0.2) is 18.4 Å². The molecule has 2 rings (SSSR count). The minimum atomic E-state index is -0.246. The van der Waals surface area contributed by atoms with Crippen LogP contribution in [0.1, 0.15) is 28.4 Å². The average Bonchev–Trinajstić information content (AvgIpc) is 2.50. The van der Waals surface area contributed by atoms with Gasteiger partial charge in [-0.15, -0.1) is 0 Å². The van der Waals surface area contributed by atoms with E-state index in [0.717, 1.165) is 6.42 Å². The van der Waals surface area contributed by atoms with Crippen molar-refractivity contribution in [3.8, 4) is 0 Å². The predicted octanol–water partition coefficient (Wildman–Crippen LogP) is 3.56. The van der Waals surface area contributed by atoms with Crippen LogP contribution in [0.15, 0.2) is 48.5 Å². The van der Waals surface area contributed by atoms with Crippen molar-refractivity contribution in [1.29, 1.82) is 0 Å². The lowest BCUT2D eigenvalue weighted by Gasteiger charge is -2.09. The van der Waals surface area contributed by atoms with Crippen molar-refractivity contribution in [2.24, 2.45) is 0 Å². The molecule has 0 saturated heterocycles. The van der Waals surface area contributed by atoms with Crippen molar-refractivity contribution in [2.75, 3.05) is 11.9 Å². The number of urea groups is 1. The fraction of sp³-hybridized carbons (Fsp3) is 0.222. The summed E-state index contributed by atoms with van der Waals surface area (Å²) in [4.78, 5) is 23.0. The molecule has 0 atom stereocenters. The third kappa shape index (κ3) is 4.45. The molecule has 0 fully saturated rings. The van der Waals surface area contributed by atoms with Crippen LogP contribution in [0.5, 0.6) is 0 Å². The second-order valence-corrected chi connectivity index (χ2v) is 5.19. The molecular formula is C18H20N2O2. The Morgan fingerprint density at radius 2 is 1.68 bits per heavy atom. The van der Waals surface area contributed by atoms with E-state index < -0.39 is 0 Å². The van der Waals surface area contributed by atoms with Crippen molar-refractivity contribution in [3.63, 3.8) is 0 Å². The van der Waals surface area contributed by atoms with Crippen LogP contribution in [-0.2, 0) is 6.42 Å². The molecule has 0 aromatic heterocycles. The van der Waals surface area contributed by atoms with Gasteiger partial charge in [0.15, 0.2) is 5.78 Å². The highest BCUT2D eigenvalue weighted by Crippen LogP contribution is 2.10. The molecule has 0 aliphatic rings. The van der Waals surface area contributed by atoms with Gasteiger partial charge >= 0.3 is 6.03 Å². The monoisotopic (exact) mass is 296 g/mol. The summed E-state index contributed by atoms with van der Waals surface area (Å²) in [5.41, 5.74) is 3.75. The molecule has 0 spiro atoms. The minimum absolute atomic E-state index is 0.00855. The number of aryl methyl sites for hydroxylation is 1. The Hall–Kier alpha value is -2.62. The number of amides is 2. The summed E-state index contributed by atoms with van der Waals surface area (Å²) in [7, 11) is 0. The molecule has 0 bridgehead atoms. The maximum atomic E-state index is 11.8. The quantitative estimate of drug-likeness (QED) is 0.829. The maximum absolute atomic E-state index is 11.8. The lowest BCUT2D eigenvalue weighted by Crippen LogP contribution is -2.30. The highest BCUT2D eigenvalue weighted by molar-refractivity contribution is 5.95. The van der Waals surface area contributed by atoms with E-state index in [1.807, 2.05) is 12.1 Å². The van der Waals surface area contributed by atoms with E-state index in [9.17, 15) is 9.59 Å². The topological polar surface area (TPSA) is 58.2 Å². The highest BCUT2D eigenvalue weighted by Gasteiger charge is 2.03. The first-order valence-corrected chi connectivity index (χ1v) is 7.26. The number of rotatable bonds is 5. The number of nitrogens with one attached hydrogen (secondary N) is 2. The van der Waals surface area contributed by atoms with Crippen LogP contribution >= 0.6 is 0 Å². The van der Waals surface area contributed by atoms with Gasteiger partial charge in [0.1, 0.15) is 0 Å². The van der Waals surface area contributed by atoms with Gasteiger partial charge < -0.3 is 10.6 Å². The number of anilines is 1. The number of Topliss-reactive ketones (excluding diaryl/α,β-unsaturated/α-hetero) is 1. The van der Waals surface area contributed by atoms with Gasteiger partial charge in [0, 0.05) is 17.8 Å². The summed E-state index contributed by atoms with van der Waals surface area (Å²) in [5, 5.41) is 5.57. The predicted molar refractivity (Wildman–Crippen MR) is 88.4 cm³/mol. The Balaban J connectivity index is 1.80. The van der Waals surface area contributed by atoms with Gasteiger partial charge in [-0.1, -0.05) is 24.3 Å². The van der Waals surface area contributed by atoms with E-state index in [1.54, 1.807) is 24.3 Å².